The number of hydrogen-bond acceptors (Lipinski definition) is 6. The first-order valence-electron chi connectivity index (χ1n) is 8.96. The summed E-state index contributed by atoms with van der Waals surface area (Å²) in [4.78, 5) is 29.5. The van der Waals surface area contributed by atoms with Crippen molar-refractivity contribution in [3.63, 3.8) is 0 Å². The average molecular weight is 407 g/mol. The van der Waals surface area contributed by atoms with Crippen LogP contribution in [0, 0.1) is 0 Å². The highest BCUT2D eigenvalue weighted by Crippen LogP contribution is 2.30. The van der Waals surface area contributed by atoms with Gasteiger partial charge in [-0.1, -0.05) is 12.1 Å². The van der Waals surface area contributed by atoms with Gasteiger partial charge in [0.25, 0.3) is 11.5 Å². The average Bonchev–Trinajstić information content (AvgIpc) is 3.39. The van der Waals surface area contributed by atoms with Crippen LogP contribution in [-0.2, 0) is 20.6 Å². The van der Waals surface area contributed by atoms with Gasteiger partial charge in [0, 0.05) is 31.9 Å². The molecule has 1 amide bonds. The summed E-state index contributed by atoms with van der Waals surface area (Å²) in [5.41, 5.74) is 2.91. The summed E-state index contributed by atoms with van der Waals surface area (Å²) < 4.78 is 5.78. The molecular formula is C19H17N7O2S. The lowest BCUT2D eigenvalue weighted by atomic mass is 10.1. The molecule has 0 aliphatic heterocycles. The largest absolute Gasteiger partial charge is 0.353 e. The van der Waals surface area contributed by atoms with Gasteiger partial charge in [0.05, 0.1) is 29.2 Å². The summed E-state index contributed by atoms with van der Waals surface area (Å²) in [6, 6.07) is 5.92. The molecule has 1 N–H and O–H groups in total. The molecular weight excluding hydrogens is 390 g/mol. The van der Waals surface area contributed by atoms with Gasteiger partial charge < -0.3 is 9.88 Å². The molecule has 0 unspecified atom stereocenters. The van der Waals surface area contributed by atoms with Gasteiger partial charge in [-0.3, -0.25) is 14.3 Å². The molecule has 0 aliphatic rings. The Bertz CT molecular complexity index is 1490. The number of thiazole rings is 1. The van der Waals surface area contributed by atoms with Crippen LogP contribution >= 0.6 is 11.3 Å². The Labute approximate surface area is 168 Å². The van der Waals surface area contributed by atoms with Gasteiger partial charge in [-0.15, -0.1) is 11.3 Å². The van der Waals surface area contributed by atoms with E-state index in [1.54, 1.807) is 35.7 Å². The molecule has 0 saturated heterocycles. The van der Waals surface area contributed by atoms with Gasteiger partial charge >= 0.3 is 0 Å². The third kappa shape index (κ3) is 2.49. The van der Waals surface area contributed by atoms with E-state index in [4.69, 9.17) is 0 Å². The van der Waals surface area contributed by atoms with Gasteiger partial charge in [0.2, 0.25) is 0 Å². The van der Waals surface area contributed by atoms with E-state index < -0.39 is 0 Å². The normalized spacial score (nSPS) is 11.7. The number of nitrogens with one attached hydrogen (secondary N) is 1. The van der Waals surface area contributed by atoms with Crippen LogP contribution in [0.2, 0.25) is 0 Å². The summed E-state index contributed by atoms with van der Waals surface area (Å²) in [5.74, 6) is -0.245. The lowest BCUT2D eigenvalue weighted by molar-refractivity contribution is 0.0963. The van der Waals surface area contributed by atoms with Crippen molar-refractivity contribution < 1.29 is 4.79 Å². The Morgan fingerprint density at radius 2 is 1.97 bits per heavy atom. The van der Waals surface area contributed by atoms with Crippen LogP contribution in [0.5, 0.6) is 0 Å². The fraction of sp³-hybridized carbons (Fsp3) is 0.211. The number of aromatic nitrogens is 6. The summed E-state index contributed by atoms with van der Waals surface area (Å²) in [6.45, 7) is 0.341. The number of hydrogen-bond donors (Lipinski definition) is 1. The molecule has 5 aromatic rings. The molecule has 9 nitrogen and oxygen atoms in total. The van der Waals surface area contributed by atoms with Gasteiger partial charge in [0.15, 0.2) is 10.7 Å². The molecule has 4 aromatic heterocycles. The Kier molecular flexibility index (Phi) is 3.78. The van der Waals surface area contributed by atoms with Gasteiger partial charge in [0.1, 0.15) is 5.52 Å². The number of aryl methyl sites for hydroxylation is 2. The third-order valence-electron chi connectivity index (χ3n) is 5.15. The third-order valence-corrected chi connectivity index (χ3v) is 6.23. The predicted octanol–water partition coefficient (Wildman–Crippen LogP) is 1.64. The van der Waals surface area contributed by atoms with E-state index in [9.17, 15) is 9.59 Å². The van der Waals surface area contributed by atoms with E-state index in [1.165, 1.54) is 16.0 Å². The van der Waals surface area contributed by atoms with E-state index in [-0.39, 0.29) is 11.5 Å². The molecule has 0 spiro atoms. The highest BCUT2D eigenvalue weighted by Gasteiger charge is 2.20. The molecule has 0 radical (unpaired) electrons. The zero-order chi connectivity index (χ0) is 20.3. The SMILES string of the molecule is CNC(=O)c1nc2c(s1)c1cnn(Cc3cccc4c3cnn4C)c(=O)c1n2C. The quantitative estimate of drug-likeness (QED) is 0.490. The lowest BCUT2D eigenvalue weighted by Crippen LogP contribution is -2.24. The molecule has 146 valence electrons. The fourth-order valence-corrected chi connectivity index (χ4v) is 4.70. The maximum absolute atomic E-state index is 13.2. The standard InChI is InChI=1S/C19H17N7O2S/c1-20-17(27)18-23-16-15(29-18)12-8-22-26(19(28)14(12)24(16)2)9-10-5-4-6-13-11(10)7-21-25(13)3/h4-8H,9H2,1-3H3,(H,20,27). The first-order chi connectivity index (χ1) is 14.0. The maximum Gasteiger partial charge on any atom is 0.291 e. The Morgan fingerprint density at radius 1 is 1.17 bits per heavy atom. The molecule has 10 heteroatoms. The van der Waals surface area contributed by atoms with Crippen LogP contribution in [-0.4, -0.2) is 42.1 Å². The topological polar surface area (TPSA) is 99.6 Å². The highest BCUT2D eigenvalue weighted by molar-refractivity contribution is 7.21. The number of benzene rings is 1. The van der Waals surface area contributed by atoms with E-state index in [1.807, 2.05) is 25.2 Å². The first kappa shape index (κ1) is 17.6. The zero-order valence-electron chi connectivity index (χ0n) is 16.0. The van der Waals surface area contributed by atoms with Crippen molar-refractivity contribution in [1.29, 1.82) is 0 Å². The second kappa shape index (κ2) is 6.24. The van der Waals surface area contributed by atoms with Crippen molar-refractivity contribution in [2.45, 2.75) is 6.54 Å². The Balaban J connectivity index is 1.66. The maximum atomic E-state index is 13.2. The number of nitrogens with zero attached hydrogens (tertiary/aromatic N) is 6. The van der Waals surface area contributed by atoms with Gasteiger partial charge in [-0.05, 0) is 11.6 Å². The lowest BCUT2D eigenvalue weighted by Gasteiger charge is -2.07. The molecule has 4 heterocycles. The van der Waals surface area contributed by atoms with Gasteiger partial charge in [-0.2, -0.15) is 10.2 Å². The van der Waals surface area contributed by atoms with Crippen molar-refractivity contribution in [2.24, 2.45) is 14.1 Å². The fourth-order valence-electron chi connectivity index (χ4n) is 3.64. The molecule has 5 rings (SSSR count). The first-order valence-corrected chi connectivity index (χ1v) is 9.78. The highest BCUT2D eigenvalue weighted by atomic mass is 32.1. The second-order valence-corrected chi connectivity index (χ2v) is 7.80. The monoisotopic (exact) mass is 407 g/mol. The molecule has 1 aromatic carbocycles. The summed E-state index contributed by atoms with van der Waals surface area (Å²) >= 11 is 1.26. The van der Waals surface area contributed by atoms with E-state index in [2.05, 4.69) is 20.5 Å². The van der Waals surface area contributed by atoms with E-state index >= 15 is 0 Å². The molecule has 0 aliphatic carbocycles. The molecule has 0 atom stereocenters. The molecule has 0 fully saturated rings. The number of rotatable bonds is 3. The van der Waals surface area contributed by atoms with Crippen LogP contribution in [0.1, 0.15) is 15.4 Å². The van der Waals surface area contributed by atoms with Gasteiger partial charge in [-0.25, -0.2) is 9.67 Å². The van der Waals surface area contributed by atoms with Crippen LogP contribution < -0.4 is 10.9 Å². The minimum Gasteiger partial charge on any atom is -0.353 e. The summed E-state index contributed by atoms with van der Waals surface area (Å²) in [7, 11) is 5.24. The smallest absolute Gasteiger partial charge is 0.291 e. The number of fused-ring (bicyclic) bond motifs is 4. The van der Waals surface area contributed by atoms with Crippen molar-refractivity contribution in [3.05, 3.63) is 51.5 Å². The molecule has 29 heavy (non-hydrogen) atoms. The minimum absolute atomic E-state index is 0.197. The Hall–Kier alpha value is -3.53. The number of amides is 1. The van der Waals surface area contributed by atoms with Crippen LogP contribution in [0.15, 0.2) is 35.4 Å². The minimum atomic E-state index is -0.245. The van der Waals surface area contributed by atoms with Crippen LogP contribution in [0.3, 0.4) is 0 Å². The summed E-state index contributed by atoms with van der Waals surface area (Å²) in [6.07, 6.45) is 3.48. The van der Waals surface area contributed by atoms with Crippen molar-refractivity contribution in [1.82, 2.24) is 34.4 Å². The number of carbonyl (C=O) groups is 1. The van der Waals surface area contributed by atoms with E-state index in [0.29, 0.717) is 28.1 Å². The van der Waals surface area contributed by atoms with Crippen molar-refractivity contribution >= 4 is 49.4 Å². The van der Waals surface area contributed by atoms with Crippen molar-refractivity contribution in [3.8, 4) is 0 Å². The number of carbonyl (C=O) groups excluding carboxylic acids is 1. The second-order valence-electron chi connectivity index (χ2n) is 6.80. The Morgan fingerprint density at radius 3 is 2.76 bits per heavy atom. The van der Waals surface area contributed by atoms with Crippen LogP contribution in [0.25, 0.3) is 32.2 Å². The summed E-state index contributed by atoms with van der Waals surface area (Å²) in [5, 5.41) is 13.3. The predicted molar refractivity (Wildman–Crippen MR) is 111 cm³/mol. The van der Waals surface area contributed by atoms with Crippen LogP contribution in [0.4, 0.5) is 0 Å². The van der Waals surface area contributed by atoms with Crippen molar-refractivity contribution in [2.75, 3.05) is 7.05 Å². The molecule has 0 saturated carbocycles. The molecule has 0 bridgehead atoms. The van der Waals surface area contributed by atoms with E-state index in [0.717, 1.165) is 21.2 Å². The zero-order valence-corrected chi connectivity index (χ0v) is 16.8.